The highest BCUT2D eigenvalue weighted by molar-refractivity contribution is 7.89. The van der Waals surface area contributed by atoms with E-state index >= 15 is 0 Å². The average molecular weight is 243 g/mol. The van der Waals surface area contributed by atoms with E-state index in [1.165, 1.54) is 4.31 Å². The second kappa shape index (κ2) is 5.93. The van der Waals surface area contributed by atoms with Gasteiger partial charge in [0.25, 0.3) is 0 Å². The summed E-state index contributed by atoms with van der Waals surface area (Å²) >= 11 is 0. The van der Waals surface area contributed by atoms with Crippen LogP contribution in [0.3, 0.4) is 0 Å². The van der Waals surface area contributed by atoms with Crippen LogP contribution in [0.5, 0.6) is 0 Å². The molecule has 1 aromatic rings. The summed E-state index contributed by atoms with van der Waals surface area (Å²) in [6.45, 7) is 2.62. The predicted molar refractivity (Wildman–Crippen MR) is 63.2 cm³/mol. The van der Waals surface area contributed by atoms with Gasteiger partial charge in [0, 0.05) is 32.0 Å². The van der Waals surface area contributed by atoms with Crippen molar-refractivity contribution in [1.29, 1.82) is 0 Å². The molecule has 0 unspecified atom stereocenters. The lowest BCUT2D eigenvalue weighted by molar-refractivity contribution is 0.414. The van der Waals surface area contributed by atoms with Crippen LogP contribution in [-0.2, 0) is 16.6 Å². The fourth-order valence-corrected chi connectivity index (χ4v) is 2.43. The van der Waals surface area contributed by atoms with Crippen molar-refractivity contribution in [2.45, 2.75) is 13.5 Å². The van der Waals surface area contributed by atoms with Crippen molar-refractivity contribution in [3.05, 3.63) is 30.1 Å². The minimum absolute atomic E-state index is 0.0905. The first-order chi connectivity index (χ1) is 7.60. The minimum atomic E-state index is -3.20. The summed E-state index contributed by atoms with van der Waals surface area (Å²) in [4.78, 5) is 3.95. The third kappa shape index (κ3) is 3.55. The molecule has 90 valence electrons. The highest BCUT2D eigenvalue weighted by Gasteiger charge is 2.19. The van der Waals surface area contributed by atoms with E-state index in [0.29, 0.717) is 19.6 Å². The van der Waals surface area contributed by atoms with Crippen LogP contribution >= 0.6 is 0 Å². The van der Waals surface area contributed by atoms with Crippen LogP contribution in [0, 0.1) is 0 Å². The monoisotopic (exact) mass is 243 g/mol. The number of sulfonamides is 1. The van der Waals surface area contributed by atoms with Crippen LogP contribution in [0.15, 0.2) is 24.5 Å². The largest absolute Gasteiger partial charge is 0.329 e. The fourth-order valence-electron chi connectivity index (χ4n) is 1.34. The number of rotatable bonds is 6. The Morgan fingerprint density at radius 3 is 2.75 bits per heavy atom. The van der Waals surface area contributed by atoms with Gasteiger partial charge in [-0.1, -0.05) is 6.07 Å². The van der Waals surface area contributed by atoms with Gasteiger partial charge in [0.05, 0.1) is 5.75 Å². The maximum atomic E-state index is 11.7. The molecule has 0 atom stereocenters. The van der Waals surface area contributed by atoms with Crippen LogP contribution in [0.2, 0.25) is 0 Å². The molecule has 2 N–H and O–H groups in total. The molecular formula is C10H17N3O2S. The molecule has 0 saturated carbocycles. The lowest BCUT2D eigenvalue weighted by atomic mass is 10.3. The Bertz CT molecular complexity index is 405. The molecule has 1 heterocycles. The van der Waals surface area contributed by atoms with Gasteiger partial charge in [0.2, 0.25) is 10.0 Å². The Balaban J connectivity index is 2.81. The van der Waals surface area contributed by atoms with E-state index in [4.69, 9.17) is 5.73 Å². The molecule has 0 aliphatic carbocycles. The first-order valence-electron chi connectivity index (χ1n) is 5.17. The fraction of sp³-hybridized carbons (Fsp3) is 0.500. The summed E-state index contributed by atoms with van der Waals surface area (Å²) in [7, 11) is -3.20. The normalized spacial score (nSPS) is 11.9. The molecule has 0 spiro atoms. The Labute approximate surface area is 96.3 Å². The average Bonchev–Trinajstić information content (AvgIpc) is 2.30. The molecule has 0 fully saturated rings. The molecule has 0 aromatic carbocycles. The summed E-state index contributed by atoms with van der Waals surface area (Å²) in [5.74, 6) is 0.0905. The van der Waals surface area contributed by atoms with Crippen molar-refractivity contribution in [3.8, 4) is 0 Å². The van der Waals surface area contributed by atoms with Gasteiger partial charge < -0.3 is 5.73 Å². The van der Waals surface area contributed by atoms with Crippen molar-refractivity contribution < 1.29 is 8.42 Å². The molecule has 0 aliphatic heterocycles. The number of nitrogens with two attached hydrogens (primary N) is 1. The molecule has 1 rings (SSSR count). The Morgan fingerprint density at radius 1 is 1.50 bits per heavy atom. The van der Waals surface area contributed by atoms with Gasteiger partial charge in [0.1, 0.15) is 0 Å². The van der Waals surface area contributed by atoms with E-state index in [0.717, 1.165) is 5.56 Å². The van der Waals surface area contributed by atoms with Crippen molar-refractivity contribution in [2.75, 3.05) is 18.8 Å². The van der Waals surface area contributed by atoms with Gasteiger partial charge in [0.15, 0.2) is 0 Å². The SMILES string of the molecule is CCS(=O)(=O)N(CCN)Cc1cccnc1. The number of aromatic nitrogens is 1. The molecule has 1 aromatic heterocycles. The van der Waals surface area contributed by atoms with Crippen molar-refractivity contribution in [2.24, 2.45) is 5.73 Å². The molecule has 0 bridgehead atoms. The summed E-state index contributed by atoms with van der Waals surface area (Å²) in [5, 5.41) is 0. The number of hydrogen-bond acceptors (Lipinski definition) is 4. The molecule has 6 heteroatoms. The Kier molecular flexibility index (Phi) is 4.85. The number of nitrogens with zero attached hydrogens (tertiary/aromatic N) is 2. The van der Waals surface area contributed by atoms with Gasteiger partial charge in [-0.2, -0.15) is 4.31 Å². The summed E-state index contributed by atoms with van der Waals surface area (Å²) in [6, 6.07) is 3.64. The maximum Gasteiger partial charge on any atom is 0.214 e. The van der Waals surface area contributed by atoms with E-state index in [1.54, 1.807) is 25.4 Å². The maximum absolute atomic E-state index is 11.7. The van der Waals surface area contributed by atoms with Crippen LogP contribution < -0.4 is 5.73 Å². The molecule has 5 nitrogen and oxygen atoms in total. The van der Waals surface area contributed by atoms with Crippen LogP contribution in [0.25, 0.3) is 0 Å². The molecule has 0 saturated heterocycles. The second-order valence-electron chi connectivity index (χ2n) is 3.38. The lowest BCUT2D eigenvalue weighted by Crippen LogP contribution is -2.35. The van der Waals surface area contributed by atoms with Gasteiger partial charge in [-0.05, 0) is 18.6 Å². The van der Waals surface area contributed by atoms with E-state index in [9.17, 15) is 8.42 Å². The highest BCUT2D eigenvalue weighted by Crippen LogP contribution is 2.08. The van der Waals surface area contributed by atoms with Gasteiger partial charge in [-0.3, -0.25) is 4.98 Å². The lowest BCUT2D eigenvalue weighted by Gasteiger charge is -2.20. The quantitative estimate of drug-likeness (QED) is 0.774. The molecule has 0 aliphatic rings. The summed E-state index contributed by atoms with van der Waals surface area (Å²) in [5.41, 5.74) is 6.28. The smallest absolute Gasteiger partial charge is 0.214 e. The predicted octanol–water partition coefficient (Wildman–Crippen LogP) is 0.192. The zero-order valence-corrected chi connectivity index (χ0v) is 10.2. The van der Waals surface area contributed by atoms with Crippen LogP contribution in [0.4, 0.5) is 0 Å². The third-order valence-electron chi connectivity index (χ3n) is 2.22. The number of pyridine rings is 1. The van der Waals surface area contributed by atoms with Crippen molar-refractivity contribution in [3.63, 3.8) is 0 Å². The first kappa shape index (κ1) is 13.1. The standard InChI is InChI=1S/C10H17N3O2S/c1-2-16(14,15)13(7-5-11)9-10-4-3-6-12-8-10/h3-4,6,8H,2,5,7,9,11H2,1H3. The number of hydrogen-bond donors (Lipinski definition) is 1. The van der Waals surface area contributed by atoms with Gasteiger partial charge in [-0.25, -0.2) is 8.42 Å². The van der Waals surface area contributed by atoms with Crippen molar-refractivity contribution >= 4 is 10.0 Å². The zero-order valence-electron chi connectivity index (χ0n) is 9.33. The topological polar surface area (TPSA) is 76.3 Å². The van der Waals surface area contributed by atoms with Crippen LogP contribution in [0.1, 0.15) is 12.5 Å². The van der Waals surface area contributed by atoms with E-state index < -0.39 is 10.0 Å². The first-order valence-corrected chi connectivity index (χ1v) is 6.78. The highest BCUT2D eigenvalue weighted by atomic mass is 32.2. The Hall–Kier alpha value is -0.980. The van der Waals surface area contributed by atoms with Gasteiger partial charge in [-0.15, -0.1) is 0 Å². The van der Waals surface area contributed by atoms with Crippen molar-refractivity contribution in [1.82, 2.24) is 9.29 Å². The van der Waals surface area contributed by atoms with E-state index in [-0.39, 0.29) is 5.75 Å². The Morgan fingerprint density at radius 2 is 2.25 bits per heavy atom. The summed E-state index contributed by atoms with van der Waals surface area (Å²) in [6.07, 6.45) is 3.32. The summed E-state index contributed by atoms with van der Waals surface area (Å²) < 4.78 is 24.9. The second-order valence-corrected chi connectivity index (χ2v) is 5.64. The minimum Gasteiger partial charge on any atom is -0.329 e. The zero-order chi connectivity index (χ0) is 12.0. The molecule has 0 amide bonds. The van der Waals surface area contributed by atoms with E-state index in [2.05, 4.69) is 4.98 Å². The molecule has 16 heavy (non-hydrogen) atoms. The third-order valence-corrected chi connectivity index (χ3v) is 4.05. The van der Waals surface area contributed by atoms with Gasteiger partial charge >= 0.3 is 0 Å². The van der Waals surface area contributed by atoms with Crippen LogP contribution in [-0.4, -0.2) is 36.5 Å². The molecular weight excluding hydrogens is 226 g/mol. The van der Waals surface area contributed by atoms with E-state index in [1.807, 2.05) is 6.07 Å². The molecule has 0 radical (unpaired) electrons.